The van der Waals surface area contributed by atoms with Crippen molar-refractivity contribution in [2.75, 3.05) is 4.90 Å². The van der Waals surface area contributed by atoms with Crippen LogP contribution in [0.25, 0.3) is 63.6 Å². The van der Waals surface area contributed by atoms with E-state index < -0.39 is 0 Å². The summed E-state index contributed by atoms with van der Waals surface area (Å²) in [5, 5.41) is 10.3. The van der Waals surface area contributed by atoms with Crippen molar-refractivity contribution in [3.05, 3.63) is 163 Å². The van der Waals surface area contributed by atoms with E-state index in [1.165, 1.54) is 86.1 Å². The van der Waals surface area contributed by atoms with Crippen LogP contribution in [0.5, 0.6) is 0 Å². The molecule has 0 amide bonds. The predicted molar refractivity (Wildman–Crippen MR) is 204 cm³/mol. The molecule has 0 bridgehead atoms. The van der Waals surface area contributed by atoms with Gasteiger partial charge in [-0.25, -0.2) is 0 Å². The molecule has 10 rings (SSSR count). The van der Waals surface area contributed by atoms with Gasteiger partial charge in [-0.2, -0.15) is 0 Å². The quantitative estimate of drug-likeness (QED) is 0.178. The number of rotatable bonds is 3. The lowest BCUT2D eigenvalue weighted by Gasteiger charge is -2.29. The summed E-state index contributed by atoms with van der Waals surface area (Å²) < 4.78 is 2.68. The van der Waals surface area contributed by atoms with E-state index >= 15 is 0 Å². The summed E-state index contributed by atoms with van der Waals surface area (Å²) >= 11 is 1.90. The Balaban J connectivity index is 1.24. The van der Waals surface area contributed by atoms with Crippen molar-refractivity contribution >= 4 is 80.9 Å². The third-order valence-corrected chi connectivity index (χ3v) is 11.7. The maximum atomic E-state index is 2.48. The first kappa shape index (κ1) is 26.7. The fourth-order valence-corrected chi connectivity index (χ4v) is 9.35. The third kappa shape index (κ3) is 3.83. The van der Waals surface area contributed by atoms with Gasteiger partial charge >= 0.3 is 0 Å². The molecule has 47 heavy (non-hydrogen) atoms. The Morgan fingerprint density at radius 1 is 0.447 bits per heavy atom. The Labute approximate surface area is 278 Å². The van der Waals surface area contributed by atoms with E-state index in [0.29, 0.717) is 0 Å². The molecule has 0 unspecified atom stereocenters. The zero-order valence-corrected chi connectivity index (χ0v) is 27.1. The van der Waals surface area contributed by atoms with Crippen LogP contribution in [0, 0.1) is 0 Å². The number of hydrogen-bond acceptors (Lipinski definition) is 2. The highest BCUT2D eigenvalue weighted by Crippen LogP contribution is 2.51. The number of hydrogen-bond donors (Lipinski definition) is 0. The zero-order chi connectivity index (χ0) is 31.3. The topological polar surface area (TPSA) is 3.24 Å². The van der Waals surface area contributed by atoms with Gasteiger partial charge in [0, 0.05) is 47.7 Å². The molecule has 1 aliphatic rings. The van der Waals surface area contributed by atoms with Crippen LogP contribution in [0.2, 0.25) is 0 Å². The molecule has 2 heteroatoms. The molecule has 0 atom stereocenters. The highest BCUT2D eigenvalue weighted by Gasteiger charge is 2.35. The first-order chi connectivity index (χ1) is 23.1. The second-order valence-electron chi connectivity index (χ2n) is 13.3. The fourth-order valence-electron chi connectivity index (χ4n) is 8.12. The van der Waals surface area contributed by atoms with Crippen LogP contribution in [0.1, 0.15) is 25.0 Å². The van der Waals surface area contributed by atoms with E-state index in [0.717, 1.165) is 5.69 Å². The summed E-state index contributed by atoms with van der Waals surface area (Å²) in [4.78, 5) is 2.48. The molecular formula is C45H31NS. The molecule has 0 spiro atoms. The predicted octanol–water partition coefficient (Wildman–Crippen LogP) is 13.3. The Morgan fingerprint density at radius 2 is 1.09 bits per heavy atom. The van der Waals surface area contributed by atoms with Gasteiger partial charge in [-0.15, -0.1) is 11.3 Å². The molecule has 0 saturated heterocycles. The Morgan fingerprint density at radius 3 is 2.02 bits per heavy atom. The van der Waals surface area contributed by atoms with Crippen LogP contribution in [-0.4, -0.2) is 0 Å². The molecular weight excluding hydrogens is 587 g/mol. The van der Waals surface area contributed by atoms with Gasteiger partial charge in [0.05, 0.1) is 5.69 Å². The van der Waals surface area contributed by atoms with Crippen LogP contribution in [0.15, 0.2) is 152 Å². The van der Waals surface area contributed by atoms with E-state index in [2.05, 4.69) is 170 Å². The van der Waals surface area contributed by atoms with Crippen molar-refractivity contribution in [3.63, 3.8) is 0 Å². The van der Waals surface area contributed by atoms with Gasteiger partial charge in [0.2, 0.25) is 0 Å². The van der Waals surface area contributed by atoms with E-state index in [1.54, 1.807) is 0 Å². The maximum Gasteiger partial charge on any atom is 0.0540 e. The largest absolute Gasteiger partial charge is 0.310 e. The lowest BCUT2D eigenvalue weighted by Crippen LogP contribution is -2.16. The summed E-state index contributed by atoms with van der Waals surface area (Å²) in [6.45, 7) is 4.73. The summed E-state index contributed by atoms with van der Waals surface area (Å²) in [6.07, 6.45) is 0. The molecule has 1 heterocycles. The SMILES string of the molecule is CC1(C)c2ccccc2-c2ccc(N(c3ccc4c(ccc5ccccc54)c3)c3cccc4c3ccc3c5ccccc5sc43)cc21. The van der Waals surface area contributed by atoms with Gasteiger partial charge in [-0.1, -0.05) is 129 Å². The van der Waals surface area contributed by atoms with Gasteiger partial charge in [-0.3, -0.25) is 0 Å². The normalized spacial score (nSPS) is 13.5. The smallest absolute Gasteiger partial charge is 0.0540 e. The van der Waals surface area contributed by atoms with Crippen molar-refractivity contribution in [1.29, 1.82) is 0 Å². The van der Waals surface area contributed by atoms with E-state index in [4.69, 9.17) is 0 Å². The highest BCUT2D eigenvalue weighted by atomic mass is 32.1. The monoisotopic (exact) mass is 617 g/mol. The van der Waals surface area contributed by atoms with Crippen molar-refractivity contribution in [2.24, 2.45) is 0 Å². The summed E-state index contributed by atoms with van der Waals surface area (Å²) in [7, 11) is 0. The number of thiophene rings is 1. The van der Waals surface area contributed by atoms with Crippen LogP contribution in [0.3, 0.4) is 0 Å². The molecule has 9 aromatic rings. The highest BCUT2D eigenvalue weighted by molar-refractivity contribution is 7.26. The Bertz CT molecular complexity index is 2730. The standard InChI is InChI=1S/C45H31NS/c1-45(2)40-15-7-5-12-34(40)35-23-21-31(27-41(35)45)46(30-20-22-33-29(26-30)19-18-28-10-3-4-11-32(28)33)42-16-9-14-38-36(42)24-25-39-37-13-6-8-17-43(37)47-44(38)39/h3-27H,1-2H3. The Hall–Kier alpha value is -5.44. The van der Waals surface area contributed by atoms with Gasteiger partial charge < -0.3 is 4.90 Å². The lowest BCUT2D eigenvalue weighted by molar-refractivity contribution is 0.660. The van der Waals surface area contributed by atoms with Crippen LogP contribution < -0.4 is 4.90 Å². The molecule has 1 aromatic heterocycles. The minimum absolute atomic E-state index is 0.0854. The summed E-state index contributed by atoms with van der Waals surface area (Å²) in [5.41, 5.74) is 8.89. The van der Waals surface area contributed by atoms with Crippen LogP contribution in [0.4, 0.5) is 17.1 Å². The van der Waals surface area contributed by atoms with Crippen molar-refractivity contribution in [2.45, 2.75) is 19.3 Å². The second kappa shape index (κ2) is 9.78. The molecule has 8 aromatic carbocycles. The van der Waals surface area contributed by atoms with Crippen LogP contribution >= 0.6 is 11.3 Å². The van der Waals surface area contributed by atoms with Gasteiger partial charge in [0.1, 0.15) is 0 Å². The van der Waals surface area contributed by atoms with Crippen molar-refractivity contribution in [1.82, 2.24) is 0 Å². The van der Waals surface area contributed by atoms with E-state index in [1.807, 2.05) is 11.3 Å². The summed E-state index contributed by atoms with van der Waals surface area (Å²) in [6, 6.07) is 56.4. The molecule has 1 aliphatic carbocycles. The van der Waals surface area contributed by atoms with Gasteiger partial charge in [0.25, 0.3) is 0 Å². The molecule has 0 radical (unpaired) electrons. The van der Waals surface area contributed by atoms with E-state index in [-0.39, 0.29) is 5.41 Å². The van der Waals surface area contributed by atoms with Gasteiger partial charge in [-0.05, 0) is 80.2 Å². The molecule has 0 aliphatic heterocycles. The maximum absolute atomic E-state index is 2.48. The number of anilines is 3. The minimum atomic E-state index is -0.0854. The van der Waals surface area contributed by atoms with Crippen LogP contribution in [-0.2, 0) is 5.41 Å². The molecule has 0 saturated carbocycles. The minimum Gasteiger partial charge on any atom is -0.310 e. The third-order valence-electron chi connectivity index (χ3n) is 10.4. The average molecular weight is 618 g/mol. The number of fused-ring (bicyclic) bond motifs is 11. The zero-order valence-electron chi connectivity index (χ0n) is 26.3. The van der Waals surface area contributed by atoms with Crippen molar-refractivity contribution in [3.8, 4) is 11.1 Å². The molecule has 222 valence electrons. The first-order valence-corrected chi connectivity index (χ1v) is 17.2. The molecule has 1 nitrogen and oxygen atoms in total. The van der Waals surface area contributed by atoms with Gasteiger partial charge in [0.15, 0.2) is 0 Å². The second-order valence-corrected chi connectivity index (χ2v) is 14.4. The van der Waals surface area contributed by atoms with E-state index in [9.17, 15) is 0 Å². The average Bonchev–Trinajstić information content (AvgIpc) is 3.61. The summed E-state index contributed by atoms with van der Waals surface area (Å²) in [5.74, 6) is 0. The molecule has 0 N–H and O–H groups in total. The number of nitrogens with zero attached hydrogens (tertiary/aromatic N) is 1. The Kier molecular flexibility index (Phi) is 5.57. The van der Waals surface area contributed by atoms with Crippen molar-refractivity contribution < 1.29 is 0 Å². The molecule has 0 fully saturated rings. The number of benzene rings is 8. The fraction of sp³-hybridized carbons (Fsp3) is 0.0667. The first-order valence-electron chi connectivity index (χ1n) is 16.4. The lowest BCUT2D eigenvalue weighted by atomic mass is 9.82.